The minimum atomic E-state index is -0.617. The maximum atomic E-state index is 12.9. The number of carbonyl (C=O) groups excluding carboxylic acids is 1. The highest BCUT2D eigenvalue weighted by atomic mass is 16.5. The van der Waals surface area contributed by atoms with Crippen molar-refractivity contribution < 1.29 is 19.1 Å². The molecule has 1 N–H and O–H groups in total. The van der Waals surface area contributed by atoms with Gasteiger partial charge in [0.1, 0.15) is 11.5 Å². The van der Waals surface area contributed by atoms with Crippen LogP contribution in [0.15, 0.2) is 44.5 Å². The number of hydrogen-bond donors (Lipinski definition) is 1. The Bertz CT molecular complexity index is 1100. The average Bonchev–Trinajstić information content (AvgIpc) is 2.87. The lowest BCUT2D eigenvalue weighted by Crippen LogP contribution is -2.28. The second kappa shape index (κ2) is 15.5. The van der Waals surface area contributed by atoms with Gasteiger partial charge in [0, 0.05) is 18.2 Å². The van der Waals surface area contributed by atoms with Crippen LogP contribution in [0.4, 0.5) is 4.79 Å². The molecule has 0 spiro atoms. The van der Waals surface area contributed by atoms with Gasteiger partial charge in [0.25, 0.3) is 0 Å². The van der Waals surface area contributed by atoms with Gasteiger partial charge in [0.05, 0.1) is 12.7 Å². The van der Waals surface area contributed by atoms with Crippen LogP contribution in [0.1, 0.15) is 108 Å². The van der Waals surface area contributed by atoms with Crippen LogP contribution >= 0.6 is 0 Å². The van der Waals surface area contributed by atoms with Gasteiger partial charge in [-0.05, 0) is 67.4 Å². The molecule has 6 nitrogen and oxygen atoms in total. The number of rotatable bonds is 15. The molecule has 2 unspecified atom stereocenters. The van der Waals surface area contributed by atoms with Crippen LogP contribution in [0.25, 0.3) is 0 Å². The number of ether oxygens (including phenoxy) is 1. The molecule has 38 heavy (non-hydrogen) atoms. The van der Waals surface area contributed by atoms with Crippen molar-refractivity contribution in [2.24, 2.45) is 16.3 Å². The quantitative estimate of drug-likeness (QED) is 0.188. The molecule has 0 saturated carbocycles. The maximum absolute atomic E-state index is 12.9. The highest BCUT2D eigenvalue weighted by Crippen LogP contribution is 2.35. The summed E-state index contributed by atoms with van der Waals surface area (Å²) in [6, 6.07) is 10.5. The number of hydrogen-bond acceptors (Lipinski definition) is 5. The van der Waals surface area contributed by atoms with E-state index in [0.29, 0.717) is 24.2 Å². The molecule has 1 aromatic heterocycles. The Morgan fingerprint density at radius 3 is 2.55 bits per heavy atom. The van der Waals surface area contributed by atoms with Gasteiger partial charge in [-0.1, -0.05) is 78.1 Å². The lowest BCUT2D eigenvalue weighted by molar-refractivity contribution is 0.182. The van der Waals surface area contributed by atoms with Gasteiger partial charge < -0.3 is 14.3 Å². The first-order valence-corrected chi connectivity index (χ1v) is 14.1. The Labute approximate surface area is 228 Å². The van der Waals surface area contributed by atoms with Crippen LogP contribution < -0.4 is 5.63 Å². The van der Waals surface area contributed by atoms with Crippen molar-refractivity contribution in [2.75, 3.05) is 7.11 Å². The summed E-state index contributed by atoms with van der Waals surface area (Å²) in [6.45, 7) is 10.8. The van der Waals surface area contributed by atoms with Crippen molar-refractivity contribution >= 4 is 12.3 Å². The fraction of sp³-hybridized carbons (Fsp3) is 0.594. The van der Waals surface area contributed by atoms with Crippen molar-refractivity contribution in [3.05, 3.63) is 63.2 Å². The van der Waals surface area contributed by atoms with Gasteiger partial charge in [0.2, 0.25) is 0 Å². The predicted molar refractivity (Wildman–Crippen MR) is 154 cm³/mol. The molecule has 2 atom stereocenters. The smallest absolute Gasteiger partial charge is 0.432 e. The van der Waals surface area contributed by atoms with Crippen LogP contribution in [0.3, 0.4) is 0 Å². The van der Waals surface area contributed by atoms with Crippen LogP contribution in [0.5, 0.6) is 5.75 Å². The van der Waals surface area contributed by atoms with E-state index in [2.05, 4.69) is 61.7 Å². The third kappa shape index (κ3) is 10.1. The first kappa shape index (κ1) is 31.3. The number of methoxy groups -OCH3 is 1. The summed E-state index contributed by atoms with van der Waals surface area (Å²) in [5.74, 6) is 0.593. The van der Waals surface area contributed by atoms with Crippen molar-refractivity contribution in [3.8, 4) is 5.75 Å². The molecule has 0 radical (unpaired) electrons. The molecule has 0 saturated heterocycles. The van der Waals surface area contributed by atoms with Crippen molar-refractivity contribution in [1.82, 2.24) is 0 Å². The number of aliphatic imine (C=N–C) groups is 1. The summed E-state index contributed by atoms with van der Waals surface area (Å²) in [7, 11) is 1.29. The Kier molecular flexibility index (Phi) is 12.8. The molecule has 1 aromatic carbocycles. The molecule has 2 aromatic rings. The molecule has 0 aliphatic rings. The molecular weight excluding hydrogens is 478 g/mol. The highest BCUT2D eigenvalue weighted by molar-refractivity contribution is 5.78. The molecular formula is C32H47NO5. The van der Waals surface area contributed by atoms with Crippen LogP contribution in [0.2, 0.25) is 0 Å². The largest absolute Gasteiger partial charge is 0.507 e. The monoisotopic (exact) mass is 525 g/mol. The summed E-state index contributed by atoms with van der Waals surface area (Å²) in [5.41, 5.74) is 2.51. The minimum Gasteiger partial charge on any atom is -0.507 e. The first-order chi connectivity index (χ1) is 18.1. The van der Waals surface area contributed by atoms with E-state index in [1.165, 1.54) is 50.1 Å². The van der Waals surface area contributed by atoms with E-state index in [1.54, 1.807) is 6.07 Å². The molecule has 0 fully saturated rings. The van der Waals surface area contributed by atoms with E-state index in [-0.39, 0.29) is 23.0 Å². The fourth-order valence-electron chi connectivity index (χ4n) is 4.74. The molecule has 0 bridgehead atoms. The zero-order valence-corrected chi connectivity index (χ0v) is 24.2. The van der Waals surface area contributed by atoms with E-state index in [0.717, 1.165) is 25.7 Å². The minimum absolute atomic E-state index is 0.00656. The lowest BCUT2D eigenvalue weighted by atomic mass is 9.73. The Morgan fingerprint density at radius 2 is 1.87 bits per heavy atom. The Morgan fingerprint density at radius 1 is 1.13 bits per heavy atom. The third-order valence-electron chi connectivity index (χ3n) is 7.69. The van der Waals surface area contributed by atoms with Gasteiger partial charge in [0.15, 0.2) is 0 Å². The normalized spacial score (nSPS) is 13.5. The molecule has 1 amide bonds. The van der Waals surface area contributed by atoms with Crippen molar-refractivity contribution in [3.63, 3.8) is 0 Å². The summed E-state index contributed by atoms with van der Waals surface area (Å²) >= 11 is 0. The van der Waals surface area contributed by atoms with Crippen LogP contribution in [-0.4, -0.2) is 24.5 Å². The number of unbranched alkanes of at least 4 members (excludes halogenated alkanes) is 4. The van der Waals surface area contributed by atoms with E-state index in [4.69, 9.17) is 4.42 Å². The van der Waals surface area contributed by atoms with E-state index >= 15 is 0 Å². The average molecular weight is 526 g/mol. The SMILES string of the molecule is CCCCCCc1cccc(CC(C)(C)C(C)Cc2c(O)cc(C(C)CCCC=NC(=O)OC)oc2=O)c1. The Hall–Kier alpha value is -2.89. The number of amides is 1. The lowest BCUT2D eigenvalue weighted by Gasteiger charge is -2.32. The molecule has 1 heterocycles. The number of carbonyl (C=O) groups is 1. The summed E-state index contributed by atoms with van der Waals surface area (Å²) in [4.78, 5) is 27.5. The molecule has 2 rings (SSSR count). The summed E-state index contributed by atoms with van der Waals surface area (Å²) in [6.07, 6.45) is 10.5. The number of aromatic hydroxyl groups is 1. The van der Waals surface area contributed by atoms with E-state index in [9.17, 15) is 14.7 Å². The second-order valence-electron chi connectivity index (χ2n) is 11.3. The third-order valence-corrected chi connectivity index (χ3v) is 7.69. The first-order valence-electron chi connectivity index (χ1n) is 14.1. The van der Waals surface area contributed by atoms with Crippen molar-refractivity contribution in [2.45, 2.75) is 105 Å². The number of aryl methyl sites for hydroxylation is 1. The maximum Gasteiger partial charge on any atom is 0.432 e. The van der Waals surface area contributed by atoms with E-state index < -0.39 is 11.7 Å². The zero-order valence-electron chi connectivity index (χ0n) is 24.2. The number of benzene rings is 1. The topological polar surface area (TPSA) is 89.1 Å². The second-order valence-corrected chi connectivity index (χ2v) is 11.3. The molecule has 0 aliphatic carbocycles. The van der Waals surface area contributed by atoms with Crippen LogP contribution in [0, 0.1) is 11.3 Å². The summed E-state index contributed by atoms with van der Waals surface area (Å²) < 4.78 is 10.1. The highest BCUT2D eigenvalue weighted by Gasteiger charge is 2.29. The van der Waals surface area contributed by atoms with Gasteiger partial charge in [-0.25, -0.2) is 9.59 Å². The van der Waals surface area contributed by atoms with Crippen LogP contribution in [-0.2, 0) is 24.0 Å². The molecule has 0 aliphatic heterocycles. The zero-order chi connectivity index (χ0) is 28.1. The molecule has 210 valence electrons. The fourth-order valence-corrected chi connectivity index (χ4v) is 4.74. The standard InChI is InChI=1S/C32H47NO5/c1-7-8-9-10-15-25-16-13-17-26(20-25)22-32(4,5)24(3)19-27-28(34)21-29(38-30(27)35)23(2)14-11-12-18-33-31(36)37-6/h13,16-18,20-21,23-24,34H,7-12,14-15,19,22H2,1-6H3. The van der Waals surface area contributed by atoms with E-state index in [1.807, 2.05) is 6.92 Å². The van der Waals surface area contributed by atoms with Gasteiger partial charge >= 0.3 is 11.7 Å². The Balaban J connectivity index is 2.00. The molecule has 6 heteroatoms. The predicted octanol–water partition coefficient (Wildman–Crippen LogP) is 8.03. The van der Waals surface area contributed by atoms with Crippen molar-refractivity contribution in [1.29, 1.82) is 0 Å². The van der Waals surface area contributed by atoms with Gasteiger partial charge in [-0.3, -0.25) is 0 Å². The van der Waals surface area contributed by atoms with Gasteiger partial charge in [-0.15, -0.1) is 0 Å². The summed E-state index contributed by atoms with van der Waals surface area (Å²) in [5, 5.41) is 10.7. The number of nitrogens with zero attached hydrogens (tertiary/aromatic N) is 1. The van der Waals surface area contributed by atoms with Gasteiger partial charge in [-0.2, -0.15) is 4.99 Å².